The van der Waals surface area contributed by atoms with Crippen molar-refractivity contribution in [3.63, 3.8) is 0 Å². The van der Waals surface area contributed by atoms with Crippen LogP contribution in [0.3, 0.4) is 0 Å². The molecule has 56 heavy (non-hydrogen) atoms. The lowest BCUT2D eigenvalue weighted by molar-refractivity contribution is -0.139. The zero-order valence-electron chi connectivity index (χ0n) is 33.0. The minimum absolute atomic E-state index is 0.0838. The van der Waals surface area contributed by atoms with Crippen LogP contribution in [-0.4, -0.2) is 79.2 Å². The molecule has 3 aliphatic rings. The first kappa shape index (κ1) is 37.3. The van der Waals surface area contributed by atoms with Crippen molar-refractivity contribution in [2.75, 3.05) is 13.7 Å². The van der Waals surface area contributed by atoms with E-state index in [0.29, 0.717) is 12.5 Å². The van der Waals surface area contributed by atoms with Crippen molar-refractivity contribution >= 4 is 28.9 Å². The Morgan fingerprint density at radius 3 is 2.14 bits per heavy atom. The highest BCUT2D eigenvalue weighted by molar-refractivity contribution is 5.91. The first-order valence-corrected chi connectivity index (χ1v) is 19.8. The molecular formula is C44H51N7O5. The third-order valence-electron chi connectivity index (χ3n) is 11.6. The molecular weight excluding hydrogens is 707 g/mol. The molecule has 3 fully saturated rings. The van der Waals surface area contributed by atoms with Crippen molar-refractivity contribution in [2.24, 2.45) is 11.8 Å². The summed E-state index contributed by atoms with van der Waals surface area (Å²) >= 11 is 0. The number of aromatic amines is 2. The number of carbonyl (C=O) groups excluding carboxylic acids is 3. The average Bonchev–Trinajstić information content (AvgIpc) is 4.04. The molecule has 4 heterocycles. The largest absolute Gasteiger partial charge is 0.453 e. The summed E-state index contributed by atoms with van der Waals surface area (Å²) in [7, 11) is 1.31. The number of alkyl carbamates (subject to hydrolysis) is 1. The van der Waals surface area contributed by atoms with Crippen LogP contribution < -0.4 is 5.32 Å². The van der Waals surface area contributed by atoms with Gasteiger partial charge in [-0.15, -0.1) is 0 Å². The fraction of sp³-hybridized carbons (Fsp3) is 0.432. The monoisotopic (exact) mass is 757 g/mol. The van der Waals surface area contributed by atoms with Crippen LogP contribution in [0.25, 0.3) is 44.4 Å². The van der Waals surface area contributed by atoms with Crippen molar-refractivity contribution in [1.29, 1.82) is 0 Å². The number of ether oxygens (including phenoxy) is 2. The summed E-state index contributed by atoms with van der Waals surface area (Å²) in [6, 6.07) is 20.5. The van der Waals surface area contributed by atoms with Gasteiger partial charge in [0.1, 0.15) is 23.3 Å². The standard InChI is InChI=1S/C44H51N7O5/c1-25(2)37(49-42(53)55-6)41(52)51-33-18-17-32(22-33)38(51)40-46-23-34(48-40)27-11-9-26(10-12-27)28-13-14-30-21-31(16-15-29(30)20-28)35-24-45-39(47-35)36-8-7-19-50(36)43(54)56-44(3,4)5/h9-16,20-21,23-25,32-33,36-38H,7-8,17-19,22H2,1-6H3,(H,45,47)(H,46,48)(H,49,53). The van der Waals surface area contributed by atoms with Crippen molar-refractivity contribution in [3.05, 3.63) is 84.7 Å². The lowest BCUT2D eigenvalue weighted by Gasteiger charge is -2.37. The SMILES string of the molecule is COC(=O)NC(C(=O)N1C2CCC(C2)C1c1ncc(-c2ccc(-c3ccc4cc(-c5cnc(C6CCCN6C(=O)OC(C)(C)C)[nH]5)ccc4c3)cc2)[nH]1)C(C)C. The zero-order chi connectivity index (χ0) is 39.3. The molecule has 5 aromatic rings. The quantitative estimate of drug-likeness (QED) is 0.143. The molecule has 2 aromatic heterocycles. The van der Waals surface area contributed by atoms with Gasteiger partial charge in [-0.2, -0.15) is 0 Å². The van der Waals surface area contributed by atoms with Gasteiger partial charge in [0.15, 0.2) is 0 Å². The van der Waals surface area contributed by atoms with Gasteiger partial charge >= 0.3 is 12.2 Å². The molecule has 3 N–H and O–H groups in total. The number of carbonyl (C=O) groups is 3. The van der Waals surface area contributed by atoms with Crippen molar-refractivity contribution in [3.8, 4) is 33.6 Å². The van der Waals surface area contributed by atoms with Gasteiger partial charge in [-0.1, -0.05) is 62.4 Å². The topological polar surface area (TPSA) is 146 Å². The Kier molecular flexibility index (Phi) is 9.84. The second kappa shape index (κ2) is 14.8. The molecule has 292 valence electrons. The number of amides is 3. The Balaban J connectivity index is 0.962. The van der Waals surface area contributed by atoms with E-state index in [-0.39, 0.29) is 36.0 Å². The van der Waals surface area contributed by atoms with Crippen LogP contribution in [0, 0.1) is 11.8 Å². The predicted octanol–water partition coefficient (Wildman–Crippen LogP) is 8.79. The molecule has 1 aliphatic carbocycles. The summed E-state index contributed by atoms with van der Waals surface area (Å²) in [6.07, 6.45) is 7.51. The maximum atomic E-state index is 13.9. The number of imidazole rings is 2. The molecule has 3 aromatic carbocycles. The van der Waals surface area contributed by atoms with E-state index in [1.165, 1.54) is 7.11 Å². The van der Waals surface area contributed by atoms with E-state index in [4.69, 9.17) is 14.5 Å². The van der Waals surface area contributed by atoms with Crippen LogP contribution in [0.4, 0.5) is 9.59 Å². The highest BCUT2D eigenvalue weighted by Gasteiger charge is 2.51. The van der Waals surface area contributed by atoms with E-state index in [9.17, 15) is 14.4 Å². The number of hydrogen-bond donors (Lipinski definition) is 3. The predicted molar refractivity (Wildman–Crippen MR) is 214 cm³/mol. The molecule has 2 aliphatic heterocycles. The Morgan fingerprint density at radius 2 is 1.45 bits per heavy atom. The normalized spacial score (nSPS) is 21.2. The lowest BCUT2D eigenvalue weighted by Crippen LogP contribution is -2.54. The molecule has 3 amide bonds. The van der Waals surface area contributed by atoms with Crippen LogP contribution in [0.2, 0.25) is 0 Å². The van der Waals surface area contributed by atoms with Crippen LogP contribution in [-0.2, 0) is 14.3 Å². The number of fused-ring (bicyclic) bond motifs is 3. The fourth-order valence-electron chi connectivity index (χ4n) is 8.83. The molecule has 8 rings (SSSR count). The van der Waals surface area contributed by atoms with Crippen LogP contribution in [0.5, 0.6) is 0 Å². The molecule has 5 atom stereocenters. The minimum atomic E-state index is -0.672. The van der Waals surface area contributed by atoms with Gasteiger partial charge in [0, 0.05) is 18.2 Å². The molecule has 0 radical (unpaired) electrons. The van der Waals surface area contributed by atoms with E-state index in [0.717, 1.165) is 88.2 Å². The average molecular weight is 758 g/mol. The van der Waals surface area contributed by atoms with Crippen LogP contribution >= 0.6 is 0 Å². The van der Waals surface area contributed by atoms with Gasteiger partial charge in [0.2, 0.25) is 5.91 Å². The minimum Gasteiger partial charge on any atom is -0.453 e. The van der Waals surface area contributed by atoms with E-state index in [1.54, 1.807) is 4.90 Å². The fourth-order valence-corrected chi connectivity index (χ4v) is 8.83. The molecule has 12 nitrogen and oxygen atoms in total. The Labute approximate surface area is 327 Å². The number of aromatic nitrogens is 4. The molecule has 2 bridgehead atoms. The van der Waals surface area contributed by atoms with Gasteiger partial charge in [0.05, 0.1) is 43.0 Å². The Hall–Kier alpha value is -5.65. The summed E-state index contributed by atoms with van der Waals surface area (Å²) < 4.78 is 10.5. The molecule has 12 heteroatoms. The number of benzene rings is 3. The maximum absolute atomic E-state index is 13.9. The van der Waals surface area contributed by atoms with E-state index < -0.39 is 17.7 Å². The first-order valence-electron chi connectivity index (χ1n) is 19.8. The maximum Gasteiger partial charge on any atom is 0.410 e. The molecule has 5 unspecified atom stereocenters. The van der Waals surface area contributed by atoms with Crippen molar-refractivity contribution < 1.29 is 23.9 Å². The van der Waals surface area contributed by atoms with Crippen LogP contribution in [0.1, 0.15) is 90.5 Å². The summed E-state index contributed by atoms with van der Waals surface area (Å²) in [6.45, 7) is 10.2. The molecule has 0 spiro atoms. The van der Waals surface area contributed by atoms with Crippen molar-refractivity contribution in [2.45, 2.75) is 96.5 Å². The third-order valence-corrected chi connectivity index (χ3v) is 11.6. The highest BCUT2D eigenvalue weighted by atomic mass is 16.6. The Bertz CT molecular complexity index is 2250. The summed E-state index contributed by atoms with van der Waals surface area (Å²) in [5.74, 6) is 1.71. The number of piperidine rings is 1. The number of H-pyrrole nitrogens is 2. The summed E-state index contributed by atoms with van der Waals surface area (Å²) in [5.41, 5.74) is 5.52. The summed E-state index contributed by atoms with van der Waals surface area (Å²) in [4.78, 5) is 59.2. The van der Waals surface area contributed by atoms with Crippen LogP contribution in [0.15, 0.2) is 73.1 Å². The Morgan fingerprint density at radius 1 is 0.821 bits per heavy atom. The first-order chi connectivity index (χ1) is 26.9. The number of likely N-dealkylation sites (tertiary alicyclic amines) is 2. The van der Waals surface area contributed by atoms with E-state index in [2.05, 4.69) is 80.9 Å². The second-order valence-corrected chi connectivity index (χ2v) is 16.8. The van der Waals surface area contributed by atoms with Crippen molar-refractivity contribution in [1.82, 2.24) is 35.1 Å². The van der Waals surface area contributed by atoms with E-state index >= 15 is 0 Å². The van der Waals surface area contributed by atoms with Gasteiger partial charge in [-0.3, -0.25) is 9.69 Å². The molecule has 2 saturated heterocycles. The smallest absolute Gasteiger partial charge is 0.410 e. The third kappa shape index (κ3) is 7.24. The van der Waals surface area contributed by atoms with E-state index in [1.807, 2.05) is 51.9 Å². The number of rotatable bonds is 8. The zero-order valence-corrected chi connectivity index (χ0v) is 33.0. The second-order valence-electron chi connectivity index (χ2n) is 16.8. The van der Waals surface area contributed by atoms with Gasteiger partial charge in [-0.05, 0) is 104 Å². The van der Waals surface area contributed by atoms with Gasteiger partial charge in [-0.25, -0.2) is 19.6 Å². The summed E-state index contributed by atoms with van der Waals surface area (Å²) in [5, 5.41) is 5.01. The lowest BCUT2D eigenvalue weighted by atomic mass is 9.95. The number of nitrogens with one attached hydrogen (secondary N) is 3. The number of hydrogen-bond acceptors (Lipinski definition) is 7. The number of methoxy groups -OCH3 is 1. The molecule has 1 saturated carbocycles. The van der Waals surface area contributed by atoms with Gasteiger partial charge < -0.3 is 29.7 Å². The van der Waals surface area contributed by atoms with Gasteiger partial charge in [0.25, 0.3) is 0 Å². The number of nitrogens with zero attached hydrogens (tertiary/aromatic N) is 4. The highest BCUT2D eigenvalue weighted by Crippen LogP contribution is 2.50.